The highest BCUT2D eigenvalue weighted by atomic mass is 16.1. The minimum Gasteiger partial charge on any atom is -0.294 e. The summed E-state index contributed by atoms with van der Waals surface area (Å²) in [5.41, 5.74) is 5.42. The van der Waals surface area contributed by atoms with E-state index in [0.29, 0.717) is 0 Å². The number of allylic oxidation sites excluding steroid dienone is 6. The van der Waals surface area contributed by atoms with Crippen molar-refractivity contribution in [2.75, 3.05) is 0 Å². The van der Waals surface area contributed by atoms with Crippen molar-refractivity contribution in [3.8, 4) is 59.7 Å². The number of Topliss-reactive ketones (excluding diaryl/α,β-unsaturated/α-hetero) is 1. The van der Waals surface area contributed by atoms with E-state index in [9.17, 15) is 4.79 Å². The molecular formula is C28H24O. The molecule has 1 heteroatoms. The molecule has 3 unspecified atom stereocenters. The van der Waals surface area contributed by atoms with Crippen molar-refractivity contribution >= 4 is 5.78 Å². The summed E-state index contributed by atoms with van der Waals surface area (Å²) in [5.74, 6) is 24.6. The predicted octanol–water partition coefficient (Wildman–Crippen LogP) is 4.62. The van der Waals surface area contributed by atoms with Crippen LogP contribution in [0.1, 0.15) is 53.9 Å². The number of fused-ring (bicyclic) bond motifs is 3. The molecular weight excluding hydrogens is 352 g/mol. The summed E-state index contributed by atoms with van der Waals surface area (Å²) in [7, 11) is 0. The lowest BCUT2D eigenvalue weighted by molar-refractivity contribution is -0.119. The van der Waals surface area contributed by atoms with Crippen molar-refractivity contribution in [3.63, 3.8) is 0 Å². The van der Waals surface area contributed by atoms with Gasteiger partial charge >= 0.3 is 0 Å². The number of hydrogen-bond acceptors (Lipinski definition) is 1. The molecule has 142 valence electrons. The van der Waals surface area contributed by atoms with E-state index < -0.39 is 5.41 Å². The lowest BCUT2D eigenvalue weighted by atomic mass is 9.54. The van der Waals surface area contributed by atoms with Gasteiger partial charge in [0.15, 0.2) is 5.78 Å². The Morgan fingerprint density at radius 3 is 2.17 bits per heavy atom. The van der Waals surface area contributed by atoms with Crippen LogP contribution in [0.2, 0.25) is 0 Å². The van der Waals surface area contributed by atoms with Gasteiger partial charge in [-0.3, -0.25) is 4.79 Å². The standard InChI is InChI=1S/C28H24O/c1-7-8-9-10-11-12-13-14-15-28-19-23(5)21(3)17-25(28)26(29)24-16-20(2)22(4)18-27(24,28)6/h1,16,25H,17-19H2,2-6H3. The first kappa shape index (κ1) is 20.4. The van der Waals surface area contributed by atoms with E-state index >= 15 is 0 Å². The maximum atomic E-state index is 13.5. The van der Waals surface area contributed by atoms with E-state index in [1.165, 1.54) is 22.3 Å². The van der Waals surface area contributed by atoms with Crippen LogP contribution in [0.15, 0.2) is 33.9 Å². The molecule has 0 heterocycles. The summed E-state index contributed by atoms with van der Waals surface area (Å²) in [5, 5.41) is 0. The van der Waals surface area contributed by atoms with E-state index in [2.05, 4.69) is 94.0 Å². The highest BCUT2D eigenvalue weighted by Gasteiger charge is 2.65. The van der Waals surface area contributed by atoms with Crippen molar-refractivity contribution in [2.45, 2.75) is 53.9 Å². The van der Waals surface area contributed by atoms with Crippen molar-refractivity contribution in [2.24, 2.45) is 16.7 Å². The number of ketones is 1. The molecule has 29 heavy (non-hydrogen) atoms. The molecule has 0 radical (unpaired) electrons. The second-order valence-electron chi connectivity index (χ2n) is 8.50. The molecule has 1 saturated carbocycles. The Hall–Kier alpha value is -3.31. The fraction of sp³-hybridized carbons (Fsp3) is 0.393. The molecule has 0 bridgehead atoms. The first-order chi connectivity index (χ1) is 13.8. The number of carbonyl (C=O) groups excluding carboxylic acids is 1. The summed E-state index contributed by atoms with van der Waals surface area (Å²) in [4.78, 5) is 13.5. The first-order valence-electron chi connectivity index (χ1n) is 9.82. The molecule has 0 saturated heterocycles. The third kappa shape index (κ3) is 3.23. The minimum atomic E-state index is -0.424. The minimum absolute atomic E-state index is 0.108. The highest BCUT2D eigenvalue weighted by Crippen LogP contribution is 2.66. The summed E-state index contributed by atoms with van der Waals surface area (Å²) in [6, 6.07) is 0. The molecule has 0 aliphatic heterocycles. The van der Waals surface area contributed by atoms with Crippen LogP contribution >= 0.6 is 0 Å². The van der Waals surface area contributed by atoms with Crippen molar-refractivity contribution < 1.29 is 4.79 Å². The van der Waals surface area contributed by atoms with Crippen LogP contribution in [0.25, 0.3) is 0 Å². The van der Waals surface area contributed by atoms with Gasteiger partial charge in [-0.25, -0.2) is 0 Å². The average Bonchev–Trinajstić information content (AvgIpc) is 2.84. The van der Waals surface area contributed by atoms with Gasteiger partial charge < -0.3 is 0 Å². The molecule has 1 fully saturated rings. The molecule has 3 aliphatic rings. The molecule has 0 aromatic heterocycles. The molecule has 1 nitrogen and oxygen atoms in total. The third-order valence-corrected chi connectivity index (χ3v) is 6.92. The summed E-state index contributed by atoms with van der Waals surface area (Å²) in [6.07, 6.45) is 9.61. The highest BCUT2D eigenvalue weighted by molar-refractivity contribution is 6.04. The van der Waals surface area contributed by atoms with Crippen LogP contribution in [0.4, 0.5) is 0 Å². The Morgan fingerprint density at radius 2 is 1.52 bits per heavy atom. The topological polar surface area (TPSA) is 17.1 Å². The normalized spacial score (nSPS) is 29.3. The van der Waals surface area contributed by atoms with Gasteiger partial charge in [-0.1, -0.05) is 41.2 Å². The quantitative estimate of drug-likeness (QED) is 0.445. The third-order valence-electron chi connectivity index (χ3n) is 6.92. The Balaban J connectivity index is 2.10. The Morgan fingerprint density at radius 1 is 0.897 bits per heavy atom. The first-order valence-corrected chi connectivity index (χ1v) is 9.82. The molecule has 3 aliphatic carbocycles. The van der Waals surface area contributed by atoms with E-state index in [1.807, 2.05) is 0 Å². The van der Waals surface area contributed by atoms with E-state index in [-0.39, 0.29) is 17.1 Å². The van der Waals surface area contributed by atoms with Gasteiger partial charge in [0.2, 0.25) is 0 Å². The van der Waals surface area contributed by atoms with E-state index in [1.54, 1.807) is 0 Å². The summed E-state index contributed by atoms with van der Waals surface area (Å²) < 4.78 is 0. The van der Waals surface area contributed by atoms with Crippen LogP contribution in [0, 0.1) is 76.5 Å². The van der Waals surface area contributed by atoms with Gasteiger partial charge in [0.25, 0.3) is 0 Å². The van der Waals surface area contributed by atoms with Gasteiger partial charge in [-0.15, -0.1) is 6.42 Å². The molecule has 0 N–H and O–H groups in total. The second kappa shape index (κ2) is 7.60. The SMILES string of the molecule is C#CC#CC#CC#CC#CC12CC(C)=C(C)CC1C(=O)C1=CC(C)=C(C)CC12C. The van der Waals surface area contributed by atoms with Gasteiger partial charge in [0.05, 0.1) is 5.41 Å². The van der Waals surface area contributed by atoms with Crippen molar-refractivity contribution in [1.82, 2.24) is 0 Å². The lowest BCUT2D eigenvalue weighted by Crippen LogP contribution is -2.42. The zero-order chi connectivity index (χ0) is 21.2. The van der Waals surface area contributed by atoms with Crippen molar-refractivity contribution in [1.29, 1.82) is 0 Å². The Labute approximate surface area is 175 Å². The number of rotatable bonds is 0. The van der Waals surface area contributed by atoms with Crippen LogP contribution in [0.3, 0.4) is 0 Å². The Bertz CT molecular complexity index is 1180. The van der Waals surface area contributed by atoms with Gasteiger partial charge in [-0.05, 0) is 94.3 Å². The van der Waals surface area contributed by atoms with Crippen LogP contribution in [0.5, 0.6) is 0 Å². The number of hydrogen-bond donors (Lipinski definition) is 0. The van der Waals surface area contributed by atoms with E-state index in [4.69, 9.17) is 6.42 Å². The molecule has 0 aromatic rings. The molecule has 3 atom stereocenters. The molecule has 0 aromatic carbocycles. The average molecular weight is 376 g/mol. The predicted molar refractivity (Wildman–Crippen MR) is 118 cm³/mol. The van der Waals surface area contributed by atoms with Crippen LogP contribution in [-0.2, 0) is 4.79 Å². The monoisotopic (exact) mass is 376 g/mol. The zero-order valence-electron chi connectivity index (χ0n) is 17.8. The van der Waals surface area contributed by atoms with Crippen LogP contribution < -0.4 is 0 Å². The van der Waals surface area contributed by atoms with Crippen LogP contribution in [-0.4, -0.2) is 5.78 Å². The number of terminal acetylenes is 1. The summed E-state index contributed by atoms with van der Waals surface area (Å²) >= 11 is 0. The zero-order valence-corrected chi connectivity index (χ0v) is 17.8. The van der Waals surface area contributed by atoms with Crippen molar-refractivity contribution in [3.05, 3.63) is 33.9 Å². The van der Waals surface area contributed by atoms with Gasteiger partial charge in [0, 0.05) is 16.9 Å². The smallest absolute Gasteiger partial charge is 0.164 e. The Kier molecular flexibility index (Phi) is 5.36. The number of carbonyl (C=O) groups is 1. The molecule has 3 rings (SSSR count). The summed E-state index contributed by atoms with van der Waals surface area (Å²) in [6.45, 7) is 10.8. The van der Waals surface area contributed by atoms with Gasteiger partial charge in [-0.2, -0.15) is 0 Å². The lowest BCUT2D eigenvalue weighted by Gasteiger charge is -2.47. The maximum absolute atomic E-state index is 13.5. The fourth-order valence-corrected chi connectivity index (χ4v) is 5.04. The maximum Gasteiger partial charge on any atom is 0.164 e. The largest absolute Gasteiger partial charge is 0.294 e. The van der Waals surface area contributed by atoms with Gasteiger partial charge in [0.1, 0.15) is 0 Å². The fourth-order valence-electron chi connectivity index (χ4n) is 5.04. The second-order valence-corrected chi connectivity index (χ2v) is 8.50. The molecule has 0 amide bonds. The molecule has 0 spiro atoms. The van der Waals surface area contributed by atoms with E-state index in [0.717, 1.165) is 24.8 Å².